The van der Waals surface area contributed by atoms with E-state index in [0.29, 0.717) is 12.2 Å². The Morgan fingerprint density at radius 2 is 1.88 bits per heavy atom. The Balaban J connectivity index is 1.87. The molecule has 3 aromatic rings. The molecule has 0 aliphatic heterocycles. The summed E-state index contributed by atoms with van der Waals surface area (Å²) >= 11 is 0. The number of aliphatic hydroxyl groups is 1. The minimum Gasteiger partial charge on any atom is -0.438 e. The van der Waals surface area contributed by atoms with E-state index in [1.165, 1.54) is 0 Å². The van der Waals surface area contributed by atoms with Crippen LogP contribution in [-0.4, -0.2) is 22.6 Å². The van der Waals surface area contributed by atoms with Crippen molar-refractivity contribution in [1.29, 1.82) is 0 Å². The first-order chi connectivity index (χ1) is 12.6. The summed E-state index contributed by atoms with van der Waals surface area (Å²) < 4.78 is 18.9. The average molecular weight is 352 g/mol. The molecule has 1 aromatic heterocycles. The van der Waals surface area contributed by atoms with E-state index >= 15 is 0 Å². The molecule has 2 aromatic carbocycles. The largest absolute Gasteiger partial charge is 0.438 e. The second-order valence-electron chi connectivity index (χ2n) is 5.67. The minimum absolute atomic E-state index is 0.0469. The number of hydrogen-bond donors (Lipinski definition) is 2. The summed E-state index contributed by atoms with van der Waals surface area (Å²) in [7, 11) is 0. The minimum atomic E-state index is -0.817. The van der Waals surface area contributed by atoms with Gasteiger partial charge in [-0.2, -0.15) is 0 Å². The number of amides is 1. The first kappa shape index (κ1) is 17.6. The Morgan fingerprint density at radius 3 is 2.58 bits per heavy atom. The van der Waals surface area contributed by atoms with Gasteiger partial charge in [0.05, 0.1) is 6.20 Å². The maximum absolute atomic E-state index is 13.3. The normalized spacial score (nSPS) is 10.5. The van der Waals surface area contributed by atoms with Crippen LogP contribution in [0.5, 0.6) is 11.6 Å². The number of primary amides is 1. The molecule has 132 valence electrons. The Bertz CT molecular complexity index is 927. The summed E-state index contributed by atoms with van der Waals surface area (Å²) in [4.78, 5) is 15.3. The molecule has 0 spiro atoms. The fraction of sp³-hybridized carbons (Fsp3) is 0.100. The molecule has 1 heterocycles. The lowest BCUT2D eigenvalue weighted by Crippen LogP contribution is -2.13. The molecule has 5 nitrogen and oxygen atoms in total. The molecule has 26 heavy (non-hydrogen) atoms. The number of halogens is 1. The number of hydrogen-bond acceptors (Lipinski definition) is 4. The summed E-state index contributed by atoms with van der Waals surface area (Å²) in [6.45, 7) is 0.107. The van der Waals surface area contributed by atoms with Crippen molar-refractivity contribution in [2.75, 3.05) is 6.61 Å². The monoisotopic (exact) mass is 352 g/mol. The van der Waals surface area contributed by atoms with Gasteiger partial charge in [-0.05, 0) is 41.3 Å². The van der Waals surface area contributed by atoms with E-state index in [1.807, 2.05) is 30.3 Å². The van der Waals surface area contributed by atoms with Gasteiger partial charge in [0.15, 0.2) is 0 Å². The first-order valence-corrected chi connectivity index (χ1v) is 8.00. The highest BCUT2D eigenvalue weighted by atomic mass is 19.1. The molecule has 0 unspecified atom stereocenters. The lowest BCUT2D eigenvalue weighted by molar-refractivity contribution is 0.0997. The highest BCUT2D eigenvalue weighted by Crippen LogP contribution is 2.28. The summed E-state index contributed by atoms with van der Waals surface area (Å²) in [6, 6.07) is 16.0. The molecule has 0 saturated carbocycles. The zero-order chi connectivity index (χ0) is 18.5. The van der Waals surface area contributed by atoms with E-state index in [9.17, 15) is 9.18 Å². The van der Waals surface area contributed by atoms with Gasteiger partial charge < -0.3 is 15.6 Å². The molecule has 0 fully saturated rings. The van der Waals surface area contributed by atoms with Gasteiger partial charge in [0, 0.05) is 6.61 Å². The summed E-state index contributed by atoms with van der Waals surface area (Å²) in [5, 5.41) is 8.98. The van der Waals surface area contributed by atoms with Crippen LogP contribution in [0.25, 0.3) is 11.1 Å². The maximum atomic E-state index is 13.3. The van der Waals surface area contributed by atoms with Crippen molar-refractivity contribution in [3.8, 4) is 22.8 Å². The van der Waals surface area contributed by atoms with Crippen molar-refractivity contribution in [2.45, 2.75) is 6.42 Å². The van der Waals surface area contributed by atoms with Crippen molar-refractivity contribution in [2.24, 2.45) is 5.73 Å². The highest BCUT2D eigenvalue weighted by molar-refractivity contribution is 5.95. The molecule has 0 aliphatic carbocycles. The summed E-state index contributed by atoms with van der Waals surface area (Å²) in [5.74, 6) is -1.08. The lowest BCUT2D eigenvalue weighted by atomic mass is 10.0. The third kappa shape index (κ3) is 4.04. The molecular formula is C20H17FN2O3. The number of ether oxygens (including phenoxy) is 1. The molecule has 0 bridgehead atoms. The van der Waals surface area contributed by atoms with Crippen molar-refractivity contribution in [1.82, 2.24) is 4.98 Å². The standard InChI is InChI=1S/C20H17FN2O3/c21-16-11-18(19(22)25)20(23-12-16)26-17-3-1-2-15(10-17)14-6-4-13(5-7-14)8-9-24/h1-7,10-12,24H,8-9H2,(H2,22,25). The van der Waals surface area contributed by atoms with Crippen LogP contribution in [-0.2, 0) is 6.42 Å². The van der Waals surface area contributed by atoms with Gasteiger partial charge in [-0.1, -0.05) is 36.4 Å². The van der Waals surface area contributed by atoms with Crippen LogP contribution in [0.1, 0.15) is 15.9 Å². The van der Waals surface area contributed by atoms with Gasteiger partial charge in [0.2, 0.25) is 5.88 Å². The van der Waals surface area contributed by atoms with Gasteiger partial charge in [0.1, 0.15) is 17.1 Å². The number of pyridine rings is 1. The van der Waals surface area contributed by atoms with Crippen LogP contribution in [0, 0.1) is 5.82 Å². The molecule has 3 N–H and O–H groups in total. The number of nitrogens with two attached hydrogens (primary N) is 1. The molecule has 3 rings (SSSR count). The smallest absolute Gasteiger partial charge is 0.254 e. The van der Waals surface area contributed by atoms with Crippen molar-refractivity contribution < 1.29 is 19.0 Å². The number of benzene rings is 2. The molecule has 0 aliphatic rings. The van der Waals surface area contributed by atoms with Crippen LogP contribution < -0.4 is 10.5 Å². The van der Waals surface area contributed by atoms with Gasteiger partial charge in [-0.3, -0.25) is 4.79 Å². The zero-order valence-corrected chi connectivity index (χ0v) is 13.9. The number of carbonyl (C=O) groups excluding carboxylic acids is 1. The molecule has 0 radical (unpaired) electrons. The van der Waals surface area contributed by atoms with Crippen LogP contribution in [0.4, 0.5) is 4.39 Å². The Labute approximate surface area is 149 Å². The number of rotatable bonds is 6. The van der Waals surface area contributed by atoms with E-state index in [2.05, 4.69) is 4.98 Å². The predicted octanol–water partition coefficient (Wildman–Crippen LogP) is 3.31. The Morgan fingerprint density at radius 1 is 1.12 bits per heavy atom. The SMILES string of the molecule is NC(=O)c1cc(F)cnc1Oc1cccc(-c2ccc(CCO)cc2)c1. The Hall–Kier alpha value is -3.25. The molecule has 0 saturated heterocycles. The summed E-state index contributed by atoms with van der Waals surface area (Å²) in [5.41, 5.74) is 8.05. The van der Waals surface area contributed by atoms with Crippen LogP contribution in [0.15, 0.2) is 60.8 Å². The molecule has 6 heteroatoms. The first-order valence-electron chi connectivity index (χ1n) is 8.00. The number of nitrogens with zero attached hydrogens (tertiary/aromatic N) is 1. The van der Waals surface area contributed by atoms with Crippen LogP contribution in [0.2, 0.25) is 0 Å². The topological polar surface area (TPSA) is 85.4 Å². The number of carbonyl (C=O) groups is 1. The molecule has 0 atom stereocenters. The third-order valence-electron chi connectivity index (χ3n) is 3.82. The fourth-order valence-corrected chi connectivity index (χ4v) is 2.53. The average Bonchev–Trinajstić information content (AvgIpc) is 2.64. The lowest BCUT2D eigenvalue weighted by Gasteiger charge is -2.10. The van der Waals surface area contributed by atoms with Crippen LogP contribution >= 0.6 is 0 Å². The predicted molar refractivity (Wildman–Crippen MR) is 95.5 cm³/mol. The highest BCUT2D eigenvalue weighted by Gasteiger charge is 2.13. The zero-order valence-electron chi connectivity index (χ0n) is 13.9. The van der Waals surface area contributed by atoms with Crippen molar-refractivity contribution in [3.63, 3.8) is 0 Å². The number of aromatic nitrogens is 1. The number of aliphatic hydroxyl groups excluding tert-OH is 1. The molecule has 1 amide bonds. The van der Waals surface area contributed by atoms with Crippen LogP contribution in [0.3, 0.4) is 0 Å². The van der Waals surface area contributed by atoms with Gasteiger partial charge >= 0.3 is 0 Å². The second kappa shape index (κ2) is 7.76. The van der Waals surface area contributed by atoms with E-state index in [-0.39, 0.29) is 18.1 Å². The van der Waals surface area contributed by atoms with E-state index in [1.54, 1.807) is 18.2 Å². The van der Waals surface area contributed by atoms with E-state index < -0.39 is 11.7 Å². The summed E-state index contributed by atoms with van der Waals surface area (Å²) in [6.07, 6.45) is 1.57. The molecular weight excluding hydrogens is 335 g/mol. The van der Waals surface area contributed by atoms with Gasteiger partial charge in [-0.15, -0.1) is 0 Å². The van der Waals surface area contributed by atoms with Crippen molar-refractivity contribution in [3.05, 3.63) is 77.7 Å². The van der Waals surface area contributed by atoms with Crippen molar-refractivity contribution >= 4 is 5.91 Å². The quantitative estimate of drug-likeness (QED) is 0.713. The third-order valence-corrected chi connectivity index (χ3v) is 3.82. The van der Waals surface area contributed by atoms with E-state index in [0.717, 1.165) is 29.0 Å². The van der Waals surface area contributed by atoms with Gasteiger partial charge in [-0.25, -0.2) is 9.37 Å². The second-order valence-corrected chi connectivity index (χ2v) is 5.67. The van der Waals surface area contributed by atoms with E-state index in [4.69, 9.17) is 15.6 Å². The maximum Gasteiger partial charge on any atom is 0.254 e. The van der Waals surface area contributed by atoms with Gasteiger partial charge in [0.25, 0.3) is 5.91 Å². The Kier molecular flexibility index (Phi) is 5.24. The fourth-order valence-electron chi connectivity index (χ4n) is 2.53.